The number of amides is 2. The number of benzene rings is 1. The van der Waals surface area contributed by atoms with Crippen molar-refractivity contribution < 1.29 is 18.5 Å². The molecular weight excluding hydrogens is 397 g/mol. The molecule has 0 unspecified atom stereocenters. The van der Waals surface area contributed by atoms with Gasteiger partial charge in [-0.3, -0.25) is 9.59 Å². The molecular formula is C21H25ClFN3O3. The molecule has 3 rings (SSSR count). The molecule has 0 bridgehead atoms. The molecule has 1 aliphatic rings. The molecule has 0 N–H and O–H groups in total. The number of nitrogens with zero attached hydrogens (tertiary/aromatic N) is 3. The fraction of sp³-hybridized carbons (Fsp3) is 0.476. The highest BCUT2D eigenvalue weighted by atomic mass is 35.5. The third-order valence-electron chi connectivity index (χ3n) is 5.13. The van der Waals surface area contributed by atoms with Crippen LogP contribution in [0.5, 0.6) is 0 Å². The van der Waals surface area contributed by atoms with E-state index in [1.807, 2.05) is 0 Å². The van der Waals surface area contributed by atoms with Gasteiger partial charge < -0.3 is 14.3 Å². The monoisotopic (exact) mass is 421 g/mol. The van der Waals surface area contributed by atoms with E-state index < -0.39 is 5.82 Å². The van der Waals surface area contributed by atoms with Crippen LogP contribution >= 0.6 is 11.6 Å². The number of aromatic nitrogens is 1. The van der Waals surface area contributed by atoms with Gasteiger partial charge in [-0.2, -0.15) is 0 Å². The molecule has 2 aromatic rings. The molecule has 0 spiro atoms. The number of hydrogen-bond acceptors (Lipinski definition) is 4. The van der Waals surface area contributed by atoms with Gasteiger partial charge in [-0.05, 0) is 31.4 Å². The van der Waals surface area contributed by atoms with Crippen molar-refractivity contribution in [3.05, 3.63) is 40.4 Å². The first-order valence-electron chi connectivity index (χ1n) is 9.77. The van der Waals surface area contributed by atoms with Gasteiger partial charge in [0.15, 0.2) is 0 Å². The van der Waals surface area contributed by atoms with Crippen LogP contribution in [0.1, 0.15) is 42.8 Å². The molecule has 1 saturated heterocycles. The predicted octanol–water partition coefficient (Wildman–Crippen LogP) is 4.16. The Morgan fingerprint density at radius 1 is 1.21 bits per heavy atom. The number of hydrogen-bond donors (Lipinski definition) is 0. The molecule has 1 aromatic carbocycles. The number of halogens is 2. The van der Waals surface area contributed by atoms with E-state index in [1.54, 1.807) is 22.8 Å². The third kappa shape index (κ3) is 4.61. The molecule has 0 radical (unpaired) electrons. The van der Waals surface area contributed by atoms with E-state index in [2.05, 4.69) is 19.0 Å². The normalized spacial score (nSPS) is 14.6. The van der Waals surface area contributed by atoms with Gasteiger partial charge >= 0.3 is 0 Å². The summed E-state index contributed by atoms with van der Waals surface area (Å²) >= 11 is 6.15. The summed E-state index contributed by atoms with van der Waals surface area (Å²) < 4.78 is 19.6. The third-order valence-corrected chi connectivity index (χ3v) is 5.45. The molecule has 156 valence electrons. The average Bonchev–Trinajstić information content (AvgIpc) is 3.06. The quantitative estimate of drug-likeness (QED) is 0.726. The van der Waals surface area contributed by atoms with Crippen LogP contribution in [-0.2, 0) is 4.79 Å². The van der Waals surface area contributed by atoms with E-state index in [9.17, 15) is 14.0 Å². The molecule has 0 atom stereocenters. The maximum Gasteiger partial charge on any atom is 0.259 e. The zero-order valence-electron chi connectivity index (χ0n) is 16.9. The summed E-state index contributed by atoms with van der Waals surface area (Å²) in [6.07, 6.45) is 1.37. The molecule has 2 amide bonds. The van der Waals surface area contributed by atoms with Crippen LogP contribution in [0.4, 0.5) is 4.39 Å². The lowest BCUT2D eigenvalue weighted by molar-refractivity contribution is -0.132. The minimum Gasteiger partial charge on any atom is -0.360 e. The standard InChI is InChI=1S/C21H25ClFN3O3/c1-13(2)7-8-17(27)25-9-11-26(12-10-25)21(28)18-14(3)29-24-20(18)19-15(22)5-4-6-16(19)23/h4-6,13H,7-12H2,1-3H3. The van der Waals surface area contributed by atoms with Crippen molar-refractivity contribution >= 4 is 23.4 Å². The van der Waals surface area contributed by atoms with Crippen LogP contribution in [0.2, 0.25) is 5.02 Å². The molecule has 1 aliphatic heterocycles. The minimum absolute atomic E-state index is 0.0527. The Morgan fingerprint density at radius 2 is 1.86 bits per heavy atom. The number of rotatable bonds is 5. The maximum absolute atomic E-state index is 14.4. The molecule has 0 saturated carbocycles. The summed E-state index contributed by atoms with van der Waals surface area (Å²) in [6.45, 7) is 7.55. The second kappa shape index (κ2) is 8.95. The smallest absolute Gasteiger partial charge is 0.259 e. The zero-order chi connectivity index (χ0) is 21.1. The van der Waals surface area contributed by atoms with Gasteiger partial charge in [-0.15, -0.1) is 0 Å². The number of piperazine rings is 1. The predicted molar refractivity (Wildman–Crippen MR) is 108 cm³/mol. The van der Waals surface area contributed by atoms with Crippen LogP contribution in [0.25, 0.3) is 11.3 Å². The summed E-state index contributed by atoms with van der Waals surface area (Å²) in [5.41, 5.74) is 0.361. The van der Waals surface area contributed by atoms with E-state index in [0.29, 0.717) is 44.3 Å². The van der Waals surface area contributed by atoms with Crippen LogP contribution in [0, 0.1) is 18.7 Å². The van der Waals surface area contributed by atoms with Crippen molar-refractivity contribution in [3.8, 4) is 11.3 Å². The van der Waals surface area contributed by atoms with Crippen LogP contribution in [0.3, 0.4) is 0 Å². The van der Waals surface area contributed by atoms with Gasteiger partial charge in [-0.1, -0.05) is 36.7 Å². The second-order valence-electron chi connectivity index (χ2n) is 7.66. The lowest BCUT2D eigenvalue weighted by Crippen LogP contribution is -2.50. The van der Waals surface area contributed by atoms with E-state index in [0.717, 1.165) is 6.42 Å². The van der Waals surface area contributed by atoms with Gasteiger partial charge in [0.2, 0.25) is 5.91 Å². The highest BCUT2D eigenvalue weighted by molar-refractivity contribution is 6.33. The van der Waals surface area contributed by atoms with Crippen LogP contribution in [0.15, 0.2) is 22.7 Å². The molecule has 8 heteroatoms. The summed E-state index contributed by atoms with van der Waals surface area (Å²) in [5, 5.41) is 4.06. The van der Waals surface area contributed by atoms with E-state index in [4.69, 9.17) is 16.1 Å². The highest BCUT2D eigenvalue weighted by Crippen LogP contribution is 2.34. The first-order chi connectivity index (χ1) is 13.8. The summed E-state index contributed by atoms with van der Waals surface area (Å²) in [7, 11) is 0. The topological polar surface area (TPSA) is 66.7 Å². The molecule has 29 heavy (non-hydrogen) atoms. The molecule has 6 nitrogen and oxygen atoms in total. The van der Waals surface area contributed by atoms with Gasteiger partial charge in [0, 0.05) is 32.6 Å². The van der Waals surface area contributed by atoms with Gasteiger partial charge in [0.1, 0.15) is 22.8 Å². The Bertz CT molecular complexity index is 884. The fourth-order valence-electron chi connectivity index (χ4n) is 3.41. The minimum atomic E-state index is -0.569. The summed E-state index contributed by atoms with van der Waals surface area (Å²) in [4.78, 5) is 28.9. The van der Waals surface area contributed by atoms with Crippen LogP contribution < -0.4 is 0 Å². The van der Waals surface area contributed by atoms with Crippen molar-refractivity contribution in [2.45, 2.75) is 33.6 Å². The Kier molecular flexibility index (Phi) is 6.57. The first kappa shape index (κ1) is 21.3. The number of carbonyl (C=O) groups excluding carboxylic acids is 2. The Morgan fingerprint density at radius 3 is 2.48 bits per heavy atom. The van der Waals surface area contributed by atoms with Gasteiger partial charge in [0.05, 0.1) is 10.6 Å². The van der Waals surface area contributed by atoms with E-state index in [-0.39, 0.29) is 33.7 Å². The van der Waals surface area contributed by atoms with Crippen molar-refractivity contribution in [1.82, 2.24) is 15.0 Å². The largest absolute Gasteiger partial charge is 0.360 e. The van der Waals surface area contributed by atoms with E-state index in [1.165, 1.54) is 12.1 Å². The lowest BCUT2D eigenvalue weighted by Gasteiger charge is -2.35. The molecule has 1 fully saturated rings. The Labute approximate surface area is 174 Å². The molecule has 2 heterocycles. The zero-order valence-corrected chi connectivity index (χ0v) is 17.6. The van der Waals surface area contributed by atoms with E-state index >= 15 is 0 Å². The second-order valence-corrected chi connectivity index (χ2v) is 8.07. The van der Waals surface area contributed by atoms with Gasteiger partial charge in [-0.25, -0.2) is 4.39 Å². The maximum atomic E-state index is 14.4. The lowest BCUT2D eigenvalue weighted by atomic mass is 10.0. The molecule has 0 aliphatic carbocycles. The Balaban J connectivity index is 1.75. The van der Waals surface area contributed by atoms with Crippen molar-refractivity contribution in [2.24, 2.45) is 5.92 Å². The van der Waals surface area contributed by atoms with Gasteiger partial charge in [0.25, 0.3) is 5.91 Å². The Hall–Kier alpha value is -2.41. The molecule has 1 aromatic heterocycles. The average molecular weight is 422 g/mol. The first-order valence-corrected chi connectivity index (χ1v) is 10.1. The summed E-state index contributed by atoms with van der Waals surface area (Å²) in [5.74, 6) is 0.0281. The van der Waals surface area contributed by atoms with Crippen molar-refractivity contribution in [2.75, 3.05) is 26.2 Å². The number of aryl methyl sites for hydroxylation is 1. The van der Waals surface area contributed by atoms with Crippen molar-refractivity contribution in [1.29, 1.82) is 0 Å². The highest BCUT2D eigenvalue weighted by Gasteiger charge is 2.31. The van der Waals surface area contributed by atoms with Crippen molar-refractivity contribution in [3.63, 3.8) is 0 Å². The fourth-order valence-corrected chi connectivity index (χ4v) is 3.66. The SMILES string of the molecule is Cc1onc(-c2c(F)cccc2Cl)c1C(=O)N1CCN(C(=O)CCC(C)C)CC1. The summed E-state index contributed by atoms with van der Waals surface area (Å²) in [6, 6.07) is 4.30. The van der Waals surface area contributed by atoms with Crippen LogP contribution in [-0.4, -0.2) is 52.9 Å². The number of carbonyl (C=O) groups is 2.